The number of carbonyl (C=O) groups excluding carboxylic acids is 1. The number of fused-ring (bicyclic) bond motifs is 1. The van der Waals surface area contributed by atoms with Gasteiger partial charge in [0.2, 0.25) is 0 Å². The van der Waals surface area contributed by atoms with Crippen LogP contribution in [0.5, 0.6) is 0 Å². The van der Waals surface area contributed by atoms with Gasteiger partial charge in [0.25, 0.3) is 0 Å². The first-order valence-corrected chi connectivity index (χ1v) is 8.61. The first-order valence-electron chi connectivity index (χ1n) is 8.61. The smallest absolute Gasteiger partial charge is 0.315 e. The van der Waals surface area contributed by atoms with E-state index in [2.05, 4.69) is 60.6 Å². The normalized spacial score (nSPS) is 20.7. The van der Waals surface area contributed by atoms with Gasteiger partial charge in [-0.1, -0.05) is 38.1 Å². The number of carbonyl (C=O) groups is 1. The predicted octanol–water partition coefficient (Wildman–Crippen LogP) is 3.44. The van der Waals surface area contributed by atoms with Crippen LogP contribution in [0.15, 0.2) is 24.3 Å². The third kappa shape index (κ3) is 4.71. The minimum absolute atomic E-state index is 0.0595. The second-order valence-corrected chi connectivity index (χ2v) is 7.67. The lowest BCUT2D eigenvalue weighted by molar-refractivity contribution is 0.228. The molecule has 0 saturated heterocycles. The van der Waals surface area contributed by atoms with Crippen molar-refractivity contribution in [3.05, 3.63) is 35.4 Å². The van der Waals surface area contributed by atoms with Crippen molar-refractivity contribution in [2.45, 2.75) is 57.5 Å². The largest absolute Gasteiger partial charge is 0.336 e. The number of urea groups is 1. The SMILES string of the molecule is CC(CCN(C)C)NC(=O)NC1CCC(C)(C)c2ccccc21. The highest BCUT2D eigenvalue weighted by atomic mass is 16.2. The van der Waals surface area contributed by atoms with E-state index in [0.717, 1.165) is 25.8 Å². The van der Waals surface area contributed by atoms with Crippen LogP contribution in [0.1, 0.15) is 57.2 Å². The highest BCUT2D eigenvalue weighted by Gasteiger charge is 2.32. The van der Waals surface area contributed by atoms with Gasteiger partial charge in [-0.2, -0.15) is 0 Å². The third-order valence-electron chi connectivity index (χ3n) is 4.82. The predicted molar refractivity (Wildman–Crippen MR) is 95.7 cm³/mol. The fourth-order valence-corrected chi connectivity index (χ4v) is 3.31. The molecule has 0 fully saturated rings. The summed E-state index contributed by atoms with van der Waals surface area (Å²) in [5.74, 6) is 0. The molecule has 0 aliphatic heterocycles. The summed E-state index contributed by atoms with van der Waals surface area (Å²) in [5.41, 5.74) is 2.81. The number of nitrogens with one attached hydrogen (secondary N) is 2. The summed E-state index contributed by atoms with van der Waals surface area (Å²) in [7, 11) is 4.10. The van der Waals surface area contributed by atoms with Crippen molar-refractivity contribution < 1.29 is 4.79 Å². The van der Waals surface area contributed by atoms with Gasteiger partial charge in [0.1, 0.15) is 0 Å². The highest BCUT2D eigenvalue weighted by Crippen LogP contribution is 2.41. The summed E-state index contributed by atoms with van der Waals surface area (Å²) >= 11 is 0. The number of hydrogen-bond donors (Lipinski definition) is 2. The Balaban J connectivity index is 1.97. The van der Waals surface area contributed by atoms with Crippen molar-refractivity contribution in [2.24, 2.45) is 0 Å². The zero-order valence-electron chi connectivity index (χ0n) is 15.1. The van der Waals surface area contributed by atoms with Crippen LogP contribution in [0.2, 0.25) is 0 Å². The van der Waals surface area contributed by atoms with Crippen molar-refractivity contribution >= 4 is 6.03 Å². The van der Waals surface area contributed by atoms with E-state index in [1.165, 1.54) is 11.1 Å². The quantitative estimate of drug-likeness (QED) is 0.874. The van der Waals surface area contributed by atoms with Gasteiger partial charge in [0.05, 0.1) is 6.04 Å². The Morgan fingerprint density at radius 2 is 2.04 bits per heavy atom. The van der Waals surface area contributed by atoms with Crippen LogP contribution in [-0.2, 0) is 5.41 Å². The molecule has 2 atom stereocenters. The Labute approximate surface area is 140 Å². The molecular weight excluding hydrogens is 286 g/mol. The second-order valence-electron chi connectivity index (χ2n) is 7.67. The summed E-state index contributed by atoms with van der Waals surface area (Å²) in [5, 5.41) is 6.23. The van der Waals surface area contributed by atoms with Gasteiger partial charge in [0.15, 0.2) is 0 Å². The van der Waals surface area contributed by atoms with Crippen molar-refractivity contribution in [3.63, 3.8) is 0 Å². The van der Waals surface area contributed by atoms with Crippen molar-refractivity contribution in [2.75, 3.05) is 20.6 Å². The van der Waals surface area contributed by atoms with Crippen LogP contribution in [0.4, 0.5) is 4.79 Å². The molecule has 2 amide bonds. The van der Waals surface area contributed by atoms with Crippen molar-refractivity contribution in [3.8, 4) is 0 Å². The van der Waals surface area contributed by atoms with Gasteiger partial charge in [-0.25, -0.2) is 4.79 Å². The summed E-state index contributed by atoms with van der Waals surface area (Å²) in [6.45, 7) is 7.60. The molecule has 1 aromatic carbocycles. The molecule has 2 unspecified atom stereocenters. The molecule has 23 heavy (non-hydrogen) atoms. The molecular formula is C19H31N3O. The molecule has 0 bridgehead atoms. The number of hydrogen-bond acceptors (Lipinski definition) is 2. The third-order valence-corrected chi connectivity index (χ3v) is 4.82. The number of rotatable bonds is 5. The first kappa shape index (κ1) is 17.8. The van der Waals surface area contributed by atoms with Crippen LogP contribution < -0.4 is 10.6 Å². The van der Waals surface area contributed by atoms with Crippen LogP contribution in [0.25, 0.3) is 0 Å². The van der Waals surface area contributed by atoms with Crippen LogP contribution in [-0.4, -0.2) is 37.6 Å². The average Bonchev–Trinajstić information content (AvgIpc) is 2.48. The Kier molecular flexibility index (Phi) is 5.69. The molecule has 2 rings (SSSR count). The van der Waals surface area contributed by atoms with E-state index < -0.39 is 0 Å². The Bertz CT molecular complexity index is 539. The summed E-state index contributed by atoms with van der Waals surface area (Å²) < 4.78 is 0. The molecule has 4 heteroatoms. The minimum atomic E-state index is -0.0595. The summed E-state index contributed by atoms with van der Waals surface area (Å²) in [4.78, 5) is 14.4. The van der Waals surface area contributed by atoms with Crippen LogP contribution >= 0.6 is 0 Å². The zero-order valence-corrected chi connectivity index (χ0v) is 15.1. The van der Waals surface area contributed by atoms with E-state index in [0.29, 0.717) is 0 Å². The summed E-state index contributed by atoms with van der Waals surface area (Å²) in [6, 6.07) is 8.72. The van der Waals surface area contributed by atoms with Gasteiger partial charge in [-0.3, -0.25) is 0 Å². The second kappa shape index (κ2) is 7.35. The first-order chi connectivity index (χ1) is 10.8. The van der Waals surface area contributed by atoms with Gasteiger partial charge < -0.3 is 15.5 Å². The van der Waals surface area contributed by atoms with Gasteiger partial charge in [-0.15, -0.1) is 0 Å². The molecule has 0 spiro atoms. The van der Waals surface area contributed by atoms with E-state index in [-0.39, 0.29) is 23.5 Å². The zero-order chi connectivity index (χ0) is 17.0. The van der Waals surface area contributed by atoms with Crippen LogP contribution in [0, 0.1) is 0 Å². The Morgan fingerprint density at radius 3 is 2.74 bits per heavy atom. The number of nitrogens with zero attached hydrogens (tertiary/aromatic N) is 1. The molecule has 0 aromatic heterocycles. The lowest BCUT2D eigenvalue weighted by Crippen LogP contribution is -2.44. The van der Waals surface area contributed by atoms with E-state index in [1.54, 1.807) is 0 Å². The molecule has 1 aromatic rings. The molecule has 1 aliphatic rings. The molecule has 1 aliphatic carbocycles. The topological polar surface area (TPSA) is 44.4 Å². The van der Waals surface area contributed by atoms with E-state index >= 15 is 0 Å². The van der Waals surface area contributed by atoms with Gasteiger partial charge >= 0.3 is 6.03 Å². The van der Waals surface area contributed by atoms with E-state index in [4.69, 9.17) is 0 Å². The molecule has 0 radical (unpaired) electrons. The van der Waals surface area contributed by atoms with Gasteiger partial charge in [-0.05, 0) is 63.4 Å². The van der Waals surface area contributed by atoms with Crippen molar-refractivity contribution in [1.82, 2.24) is 15.5 Å². The molecule has 0 heterocycles. The molecule has 128 valence electrons. The fourth-order valence-electron chi connectivity index (χ4n) is 3.31. The summed E-state index contributed by atoms with van der Waals surface area (Å²) in [6.07, 6.45) is 3.03. The number of benzene rings is 1. The maximum Gasteiger partial charge on any atom is 0.315 e. The molecule has 2 N–H and O–H groups in total. The van der Waals surface area contributed by atoms with Gasteiger partial charge in [0, 0.05) is 6.04 Å². The molecule has 0 saturated carbocycles. The fraction of sp³-hybridized carbons (Fsp3) is 0.632. The van der Waals surface area contributed by atoms with Crippen LogP contribution in [0.3, 0.4) is 0 Å². The lowest BCUT2D eigenvalue weighted by Gasteiger charge is -2.37. The van der Waals surface area contributed by atoms with E-state index in [9.17, 15) is 4.79 Å². The Morgan fingerprint density at radius 1 is 1.35 bits per heavy atom. The Hall–Kier alpha value is -1.55. The standard InChI is InChI=1S/C19H31N3O/c1-14(11-13-22(4)5)20-18(23)21-17-10-12-19(2,3)16-9-7-6-8-15(16)17/h6-9,14,17H,10-13H2,1-5H3,(H2,20,21,23). The van der Waals surface area contributed by atoms with Crippen molar-refractivity contribution in [1.29, 1.82) is 0 Å². The maximum absolute atomic E-state index is 12.3. The minimum Gasteiger partial charge on any atom is -0.336 e. The monoisotopic (exact) mass is 317 g/mol. The number of amides is 2. The highest BCUT2D eigenvalue weighted by molar-refractivity contribution is 5.75. The molecule has 4 nitrogen and oxygen atoms in total. The average molecular weight is 317 g/mol. The lowest BCUT2D eigenvalue weighted by atomic mass is 9.71. The van der Waals surface area contributed by atoms with E-state index in [1.807, 2.05) is 14.1 Å². The maximum atomic E-state index is 12.3.